The third kappa shape index (κ3) is 6.26. The van der Waals surface area contributed by atoms with E-state index in [0.717, 1.165) is 0 Å². The molecular formula is C22H34N2O3. The van der Waals surface area contributed by atoms with Gasteiger partial charge in [0.1, 0.15) is 5.75 Å². The molecule has 0 radical (unpaired) electrons. The summed E-state index contributed by atoms with van der Waals surface area (Å²) in [7, 11) is 0. The first-order valence-electron chi connectivity index (χ1n) is 9.90. The van der Waals surface area contributed by atoms with E-state index in [2.05, 4.69) is 34.6 Å². The van der Waals surface area contributed by atoms with Gasteiger partial charge in [-0.3, -0.25) is 9.59 Å². The highest BCUT2D eigenvalue weighted by molar-refractivity contribution is 5.82. The van der Waals surface area contributed by atoms with Gasteiger partial charge in [-0.25, -0.2) is 0 Å². The molecule has 0 bridgehead atoms. The molecule has 1 aromatic carbocycles. The smallest absolute Gasteiger partial charge is 0.263 e. The lowest BCUT2D eigenvalue weighted by atomic mass is 9.91. The number of benzene rings is 1. The van der Waals surface area contributed by atoms with Crippen LogP contribution in [0.15, 0.2) is 24.3 Å². The number of nitrogens with zero attached hydrogens (tertiary/aromatic N) is 2. The predicted octanol–water partition coefficient (Wildman–Crippen LogP) is 3.68. The first-order chi connectivity index (χ1) is 12.6. The molecule has 5 nitrogen and oxygen atoms in total. The van der Waals surface area contributed by atoms with Gasteiger partial charge in [0.25, 0.3) is 5.91 Å². The molecule has 5 heteroatoms. The number of carbonyl (C=O) groups is 2. The Labute approximate surface area is 163 Å². The number of carbonyl (C=O) groups excluding carboxylic acids is 2. The number of hydrogen-bond donors (Lipinski definition) is 0. The largest absolute Gasteiger partial charge is 0.481 e. The average Bonchev–Trinajstić information content (AvgIpc) is 2.60. The summed E-state index contributed by atoms with van der Waals surface area (Å²) in [5, 5.41) is 0. The fraction of sp³-hybridized carbons (Fsp3) is 0.636. The van der Waals surface area contributed by atoms with Crippen molar-refractivity contribution in [2.75, 3.05) is 26.2 Å². The van der Waals surface area contributed by atoms with Crippen LogP contribution in [0.5, 0.6) is 5.75 Å². The second-order valence-electron chi connectivity index (χ2n) is 8.93. The summed E-state index contributed by atoms with van der Waals surface area (Å²) in [6.45, 7) is 14.6. The Hall–Kier alpha value is -2.04. The van der Waals surface area contributed by atoms with Crippen LogP contribution in [0.25, 0.3) is 0 Å². The highest BCUT2D eigenvalue weighted by atomic mass is 16.5. The van der Waals surface area contributed by atoms with E-state index < -0.39 is 6.10 Å². The molecular weight excluding hydrogens is 340 g/mol. The molecule has 0 saturated carbocycles. The van der Waals surface area contributed by atoms with Crippen molar-refractivity contribution < 1.29 is 14.3 Å². The summed E-state index contributed by atoms with van der Waals surface area (Å²) in [4.78, 5) is 28.7. The van der Waals surface area contributed by atoms with Gasteiger partial charge in [0, 0.05) is 32.6 Å². The summed E-state index contributed by atoms with van der Waals surface area (Å²) in [5.74, 6) is 1.32. The minimum Gasteiger partial charge on any atom is -0.481 e. The second kappa shape index (κ2) is 8.77. The maximum Gasteiger partial charge on any atom is 0.263 e. The fourth-order valence-corrected chi connectivity index (χ4v) is 3.18. The first kappa shape index (κ1) is 21.3. The molecule has 27 heavy (non-hydrogen) atoms. The van der Waals surface area contributed by atoms with E-state index in [1.54, 1.807) is 11.8 Å². The monoisotopic (exact) mass is 374 g/mol. The van der Waals surface area contributed by atoms with Crippen molar-refractivity contribution in [2.45, 2.75) is 60.0 Å². The number of ether oxygens (including phenoxy) is 1. The molecule has 1 saturated heterocycles. The minimum atomic E-state index is -0.535. The normalized spacial score (nSPS) is 16.4. The van der Waals surface area contributed by atoms with E-state index >= 15 is 0 Å². The molecule has 150 valence electrons. The number of rotatable bonds is 5. The van der Waals surface area contributed by atoms with Crippen molar-refractivity contribution >= 4 is 11.8 Å². The van der Waals surface area contributed by atoms with Gasteiger partial charge >= 0.3 is 0 Å². The molecule has 0 aromatic heterocycles. The van der Waals surface area contributed by atoms with Crippen molar-refractivity contribution in [1.29, 1.82) is 0 Å². The first-order valence-corrected chi connectivity index (χ1v) is 9.90. The van der Waals surface area contributed by atoms with Crippen LogP contribution in [0.4, 0.5) is 0 Å². The molecule has 1 heterocycles. The van der Waals surface area contributed by atoms with Crippen molar-refractivity contribution in [3.05, 3.63) is 29.8 Å². The highest BCUT2D eigenvalue weighted by Gasteiger charge is 2.29. The summed E-state index contributed by atoms with van der Waals surface area (Å²) in [6.07, 6.45) is -0.000882. The van der Waals surface area contributed by atoms with E-state index in [4.69, 9.17) is 4.74 Å². The number of hydrogen-bond acceptors (Lipinski definition) is 3. The topological polar surface area (TPSA) is 49.9 Å². The summed E-state index contributed by atoms with van der Waals surface area (Å²) >= 11 is 0. The zero-order chi connectivity index (χ0) is 20.2. The van der Waals surface area contributed by atoms with Crippen LogP contribution >= 0.6 is 0 Å². The summed E-state index contributed by atoms with van der Waals surface area (Å²) < 4.78 is 5.83. The van der Waals surface area contributed by atoms with Crippen LogP contribution in [0.3, 0.4) is 0 Å². The maximum absolute atomic E-state index is 12.7. The molecule has 2 amide bonds. The van der Waals surface area contributed by atoms with Gasteiger partial charge in [0.05, 0.1) is 0 Å². The van der Waals surface area contributed by atoms with Crippen LogP contribution in [0.1, 0.15) is 59.4 Å². The van der Waals surface area contributed by atoms with E-state index in [9.17, 15) is 9.59 Å². The van der Waals surface area contributed by atoms with E-state index in [0.29, 0.717) is 44.3 Å². The Balaban J connectivity index is 1.85. The molecule has 1 atom stereocenters. The zero-order valence-corrected chi connectivity index (χ0v) is 17.6. The minimum absolute atomic E-state index is 0.0164. The zero-order valence-electron chi connectivity index (χ0n) is 17.6. The molecule has 0 aliphatic carbocycles. The third-order valence-corrected chi connectivity index (χ3v) is 4.83. The lowest BCUT2D eigenvalue weighted by Crippen LogP contribution is -2.53. The molecule has 1 aliphatic rings. The van der Waals surface area contributed by atoms with Gasteiger partial charge in [-0.2, -0.15) is 0 Å². The Bertz CT molecular complexity index is 639. The van der Waals surface area contributed by atoms with Crippen molar-refractivity contribution in [2.24, 2.45) is 5.41 Å². The van der Waals surface area contributed by atoms with Crippen LogP contribution in [-0.4, -0.2) is 53.9 Å². The van der Waals surface area contributed by atoms with E-state index in [-0.39, 0.29) is 17.2 Å². The van der Waals surface area contributed by atoms with Crippen molar-refractivity contribution in [3.8, 4) is 5.75 Å². The standard InChI is InChI=1S/C22H34N2O3/c1-16(2)18-7-9-19(10-8-18)27-17(3)21(26)24-13-11-23(12-14-24)20(25)15-22(4,5)6/h7-10,16-17H,11-15H2,1-6H3. The molecule has 0 spiro atoms. The van der Waals surface area contributed by atoms with Crippen molar-refractivity contribution in [1.82, 2.24) is 9.80 Å². The van der Waals surface area contributed by atoms with Crippen LogP contribution in [0.2, 0.25) is 0 Å². The van der Waals surface area contributed by atoms with Crippen molar-refractivity contribution in [3.63, 3.8) is 0 Å². The lowest BCUT2D eigenvalue weighted by Gasteiger charge is -2.36. The van der Waals surface area contributed by atoms with E-state index in [1.807, 2.05) is 29.2 Å². The Morgan fingerprint density at radius 3 is 1.96 bits per heavy atom. The second-order valence-corrected chi connectivity index (χ2v) is 8.93. The summed E-state index contributed by atoms with van der Waals surface area (Å²) in [6, 6.07) is 7.91. The SMILES string of the molecule is CC(Oc1ccc(C(C)C)cc1)C(=O)N1CCN(C(=O)CC(C)(C)C)CC1. The molecule has 1 fully saturated rings. The maximum atomic E-state index is 12.7. The Morgan fingerprint density at radius 1 is 0.963 bits per heavy atom. The van der Waals surface area contributed by atoms with Crippen LogP contribution < -0.4 is 4.74 Å². The molecule has 1 unspecified atom stereocenters. The van der Waals surface area contributed by atoms with Gasteiger partial charge in [0.2, 0.25) is 5.91 Å². The quantitative estimate of drug-likeness (QED) is 0.790. The average molecular weight is 375 g/mol. The summed E-state index contributed by atoms with van der Waals surface area (Å²) in [5.41, 5.74) is 1.23. The van der Waals surface area contributed by atoms with Gasteiger partial charge in [-0.15, -0.1) is 0 Å². The predicted molar refractivity (Wildman–Crippen MR) is 108 cm³/mol. The van der Waals surface area contributed by atoms with Crippen LogP contribution in [0, 0.1) is 5.41 Å². The molecule has 1 aliphatic heterocycles. The molecule has 2 rings (SSSR count). The van der Waals surface area contributed by atoms with Gasteiger partial charge in [0.15, 0.2) is 6.10 Å². The lowest BCUT2D eigenvalue weighted by molar-refractivity contribution is -0.144. The number of amides is 2. The van der Waals surface area contributed by atoms with Gasteiger partial charge in [-0.1, -0.05) is 46.8 Å². The van der Waals surface area contributed by atoms with E-state index in [1.165, 1.54) is 5.56 Å². The third-order valence-electron chi connectivity index (χ3n) is 4.83. The van der Waals surface area contributed by atoms with Gasteiger partial charge in [-0.05, 0) is 36.0 Å². The Morgan fingerprint density at radius 2 is 1.48 bits per heavy atom. The molecule has 1 aromatic rings. The number of piperazine rings is 1. The Kier molecular flexibility index (Phi) is 6.90. The molecule has 0 N–H and O–H groups in total. The fourth-order valence-electron chi connectivity index (χ4n) is 3.18. The van der Waals surface area contributed by atoms with Crippen LogP contribution in [-0.2, 0) is 9.59 Å². The highest BCUT2D eigenvalue weighted by Crippen LogP contribution is 2.21. The van der Waals surface area contributed by atoms with Gasteiger partial charge < -0.3 is 14.5 Å².